The standard InChI is InChI=1S/C14H25N5OS/c1-5-18(4)14-16-12(15)11(21-14)13(20)19-8-6-7-10(9-19)17(2)3/h10H,5-9,15H2,1-4H3. The van der Waals surface area contributed by atoms with E-state index >= 15 is 0 Å². The second-order valence-corrected chi connectivity index (χ2v) is 6.71. The summed E-state index contributed by atoms with van der Waals surface area (Å²) in [6.07, 6.45) is 2.17. The lowest BCUT2D eigenvalue weighted by atomic mass is 10.0. The maximum atomic E-state index is 12.7. The van der Waals surface area contributed by atoms with Crippen molar-refractivity contribution in [3.8, 4) is 0 Å². The van der Waals surface area contributed by atoms with Crippen LogP contribution in [0.3, 0.4) is 0 Å². The summed E-state index contributed by atoms with van der Waals surface area (Å²) in [6.45, 7) is 4.46. The highest BCUT2D eigenvalue weighted by molar-refractivity contribution is 7.18. The van der Waals surface area contributed by atoms with Gasteiger partial charge in [-0.25, -0.2) is 4.98 Å². The van der Waals surface area contributed by atoms with Crippen molar-refractivity contribution in [3.05, 3.63) is 4.88 Å². The average molecular weight is 311 g/mol. The lowest BCUT2D eigenvalue weighted by molar-refractivity contribution is 0.0640. The summed E-state index contributed by atoms with van der Waals surface area (Å²) in [5, 5.41) is 0.805. The third-order valence-electron chi connectivity index (χ3n) is 4.05. The number of carbonyl (C=O) groups is 1. The largest absolute Gasteiger partial charge is 0.382 e. The van der Waals surface area contributed by atoms with Gasteiger partial charge in [-0.15, -0.1) is 0 Å². The molecule has 21 heavy (non-hydrogen) atoms. The molecule has 1 aromatic heterocycles. The first-order chi connectivity index (χ1) is 9.93. The number of nitrogen functional groups attached to an aromatic ring is 1. The number of nitrogens with two attached hydrogens (primary N) is 1. The Kier molecular flexibility index (Phi) is 5.05. The van der Waals surface area contributed by atoms with Gasteiger partial charge in [0.25, 0.3) is 5.91 Å². The molecule has 7 heteroatoms. The maximum Gasteiger partial charge on any atom is 0.267 e. The van der Waals surface area contributed by atoms with Crippen LogP contribution in [0.4, 0.5) is 10.9 Å². The number of thiazole rings is 1. The molecule has 0 saturated carbocycles. The Morgan fingerprint density at radius 2 is 2.19 bits per heavy atom. The number of rotatable bonds is 4. The molecule has 0 spiro atoms. The van der Waals surface area contributed by atoms with Crippen molar-refractivity contribution in [1.29, 1.82) is 0 Å². The third kappa shape index (κ3) is 3.47. The molecule has 2 rings (SSSR count). The first-order valence-corrected chi connectivity index (χ1v) is 8.18. The third-order valence-corrected chi connectivity index (χ3v) is 5.22. The van der Waals surface area contributed by atoms with Crippen molar-refractivity contribution in [1.82, 2.24) is 14.8 Å². The fraction of sp³-hybridized carbons (Fsp3) is 0.714. The van der Waals surface area contributed by atoms with Gasteiger partial charge < -0.3 is 20.4 Å². The molecule has 2 heterocycles. The molecule has 1 atom stereocenters. The van der Waals surface area contributed by atoms with Crippen LogP contribution in [0.2, 0.25) is 0 Å². The normalized spacial score (nSPS) is 19.1. The summed E-state index contributed by atoms with van der Waals surface area (Å²) in [4.78, 5) is 23.7. The van der Waals surface area contributed by atoms with E-state index in [4.69, 9.17) is 5.73 Å². The van der Waals surface area contributed by atoms with Crippen molar-refractivity contribution < 1.29 is 4.79 Å². The van der Waals surface area contributed by atoms with Crippen molar-refractivity contribution in [3.63, 3.8) is 0 Å². The van der Waals surface area contributed by atoms with Gasteiger partial charge in [0.2, 0.25) is 0 Å². The predicted octanol–water partition coefficient (Wildman–Crippen LogP) is 1.35. The number of anilines is 2. The highest BCUT2D eigenvalue weighted by atomic mass is 32.1. The second kappa shape index (κ2) is 6.62. The van der Waals surface area contributed by atoms with Gasteiger partial charge in [-0.3, -0.25) is 4.79 Å². The molecule has 118 valence electrons. The highest BCUT2D eigenvalue weighted by Crippen LogP contribution is 2.29. The first-order valence-electron chi connectivity index (χ1n) is 7.37. The van der Waals surface area contributed by atoms with E-state index in [1.54, 1.807) is 0 Å². The van der Waals surface area contributed by atoms with Crippen molar-refractivity contribution in [2.45, 2.75) is 25.8 Å². The van der Waals surface area contributed by atoms with Crippen LogP contribution in [-0.2, 0) is 0 Å². The minimum absolute atomic E-state index is 0.0207. The smallest absolute Gasteiger partial charge is 0.267 e. The zero-order chi connectivity index (χ0) is 15.6. The van der Waals surface area contributed by atoms with Crippen LogP contribution in [0.15, 0.2) is 0 Å². The number of hydrogen-bond acceptors (Lipinski definition) is 6. The van der Waals surface area contributed by atoms with Crippen LogP contribution < -0.4 is 10.6 Å². The van der Waals surface area contributed by atoms with Crippen LogP contribution in [0.25, 0.3) is 0 Å². The molecule has 0 radical (unpaired) electrons. The zero-order valence-electron chi connectivity index (χ0n) is 13.3. The van der Waals surface area contributed by atoms with Gasteiger partial charge in [0.15, 0.2) is 5.13 Å². The van der Waals surface area contributed by atoms with Crippen LogP contribution in [0.5, 0.6) is 0 Å². The van der Waals surface area contributed by atoms with Crippen LogP contribution in [0, 0.1) is 0 Å². The Labute approximate surface area is 130 Å². The maximum absolute atomic E-state index is 12.7. The summed E-state index contributed by atoms with van der Waals surface area (Å²) in [5.41, 5.74) is 5.95. The quantitative estimate of drug-likeness (QED) is 0.909. The number of likely N-dealkylation sites (tertiary alicyclic amines) is 1. The Morgan fingerprint density at radius 3 is 2.81 bits per heavy atom. The molecule has 0 bridgehead atoms. The number of likely N-dealkylation sites (N-methyl/N-ethyl adjacent to an activating group) is 1. The highest BCUT2D eigenvalue weighted by Gasteiger charge is 2.28. The molecular formula is C14H25N5OS. The van der Waals surface area contributed by atoms with Gasteiger partial charge in [-0.05, 0) is 33.9 Å². The second-order valence-electron chi connectivity index (χ2n) is 5.74. The summed E-state index contributed by atoms with van der Waals surface area (Å²) in [5.74, 6) is 0.375. The lowest BCUT2D eigenvalue weighted by Gasteiger charge is -2.35. The Bertz CT molecular complexity index is 502. The first kappa shape index (κ1) is 16.0. The molecule has 1 aromatic rings. The van der Waals surface area contributed by atoms with Gasteiger partial charge in [-0.1, -0.05) is 11.3 Å². The van der Waals surface area contributed by atoms with E-state index in [1.165, 1.54) is 11.3 Å². The van der Waals surface area contributed by atoms with Gasteiger partial charge in [-0.2, -0.15) is 0 Å². The number of amides is 1. The van der Waals surface area contributed by atoms with Gasteiger partial charge in [0.05, 0.1) is 0 Å². The Morgan fingerprint density at radius 1 is 1.48 bits per heavy atom. The van der Waals surface area contributed by atoms with Gasteiger partial charge in [0.1, 0.15) is 10.7 Å². The number of aromatic nitrogens is 1. The van der Waals surface area contributed by atoms with Crippen molar-refractivity contribution in [2.75, 3.05) is 51.4 Å². The van der Waals surface area contributed by atoms with Crippen molar-refractivity contribution in [2.24, 2.45) is 0 Å². The minimum Gasteiger partial charge on any atom is -0.382 e. The molecule has 1 amide bonds. The number of nitrogens with zero attached hydrogens (tertiary/aromatic N) is 4. The van der Waals surface area contributed by atoms with Crippen LogP contribution in [0.1, 0.15) is 29.4 Å². The Balaban J connectivity index is 2.14. The minimum atomic E-state index is 0.0207. The van der Waals surface area contributed by atoms with E-state index < -0.39 is 0 Å². The fourth-order valence-corrected chi connectivity index (χ4v) is 3.45. The molecule has 1 saturated heterocycles. The molecule has 1 aliphatic rings. The van der Waals surface area contributed by atoms with Gasteiger partial charge in [0, 0.05) is 32.7 Å². The van der Waals surface area contributed by atoms with Crippen LogP contribution in [-0.4, -0.2) is 67.5 Å². The van der Waals surface area contributed by atoms with Crippen molar-refractivity contribution >= 4 is 28.2 Å². The molecule has 0 aromatic carbocycles. The SMILES string of the molecule is CCN(C)c1nc(N)c(C(=O)N2CCCC(N(C)C)C2)s1. The summed E-state index contributed by atoms with van der Waals surface area (Å²) < 4.78 is 0. The van der Waals surface area contributed by atoms with E-state index in [0.29, 0.717) is 16.7 Å². The number of hydrogen-bond donors (Lipinski definition) is 1. The lowest BCUT2D eigenvalue weighted by Crippen LogP contribution is -2.47. The van der Waals surface area contributed by atoms with E-state index in [2.05, 4.69) is 24.0 Å². The summed E-state index contributed by atoms with van der Waals surface area (Å²) in [6, 6.07) is 0.426. The summed E-state index contributed by atoms with van der Waals surface area (Å²) in [7, 11) is 6.08. The monoisotopic (exact) mass is 311 g/mol. The Hall–Kier alpha value is -1.34. The number of piperidine rings is 1. The van der Waals surface area contributed by atoms with Crippen LogP contribution >= 0.6 is 11.3 Å². The molecular weight excluding hydrogens is 286 g/mol. The molecule has 1 unspecified atom stereocenters. The number of carbonyl (C=O) groups excluding carboxylic acids is 1. The van der Waals surface area contributed by atoms with E-state index in [9.17, 15) is 4.79 Å². The summed E-state index contributed by atoms with van der Waals surface area (Å²) >= 11 is 1.39. The van der Waals surface area contributed by atoms with E-state index in [0.717, 1.165) is 37.6 Å². The average Bonchev–Trinajstić information content (AvgIpc) is 2.87. The molecule has 0 aliphatic carbocycles. The fourth-order valence-electron chi connectivity index (χ4n) is 2.48. The topological polar surface area (TPSA) is 65.7 Å². The molecule has 6 nitrogen and oxygen atoms in total. The van der Waals surface area contributed by atoms with E-state index in [1.807, 2.05) is 23.8 Å². The zero-order valence-corrected chi connectivity index (χ0v) is 14.1. The molecule has 1 fully saturated rings. The van der Waals surface area contributed by atoms with Gasteiger partial charge >= 0.3 is 0 Å². The molecule has 2 N–H and O–H groups in total. The molecule has 1 aliphatic heterocycles. The van der Waals surface area contributed by atoms with E-state index in [-0.39, 0.29) is 5.91 Å². The predicted molar refractivity (Wildman–Crippen MR) is 88.1 cm³/mol.